The number of urea groups is 1. The smallest absolute Gasteiger partial charge is 0.315 e. The number of carbonyl (C=O) groups is 1. The summed E-state index contributed by atoms with van der Waals surface area (Å²) in [5, 5.41) is 6.04. The normalized spacial score (nSPS) is 21.8. The Balaban J connectivity index is 1.66. The van der Waals surface area contributed by atoms with E-state index in [1.165, 1.54) is 0 Å². The molecule has 122 valence electrons. The minimum absolute atomic E-state index is 0.160. The number of furan rings is 1. The third-order valence-corrected chi connectivity index (χ3v) is 4.29. The molecular formula is C18H22N2O3. The maximum atomic E-state index is 12.4. The number of hydrogen-bond donors (Lipinski definition) is 2. The second-order valence-electron chi connectivity index (χ2n) is 5.84. The van der Waals surface area contributed by atoms with Crippen molar-refractivity contribution in [2.75, 3.05) is 7.11 Å². The molecule has 5 nitrogen and oxygen atoms in total. The molecule has 1 heterocycles. The molecule has 0 aliphatic heterocycles. The van der Waals surface area contributed by atoms with Gasteiger partial charge < -0.3 is 19.8 Å². The summed E-state index contributed by atoms with van der Waals surface area (Å²) in [5.74, 6) is 0.715. The number of rotatable bonds is 5. The van der Waals surface area contributed by atoms with Gasteiger partial charge in [-0.25, -0.2) is 4.79 Å². The van der Waals surface area contributed by atoms with Gasteiger partial charge in [0.05, 0.1) is 12.4 Å². The fourth-order valence-electron chi connectivity index (χ4n) is 3.06. The van der Waals surface area contributed by atoms with Gasteiger partial charge in [0.2, 0.25) is 0 Å². The van der Waals surface area contributed by atoms with Gasteiger partial charge in [-0.3, -0.25) is 0 Å². The lowest BCUT2D eigenvalue weighted by atomic mass is 10.0. The molecule has 5 heteroatoms. The minimum Gasteiger partial charge on any atom is -0.467 e. The maximum Gasteiger partial charge on any atom is 0.315 e. The van der Waals surface area contributed by atoms with E-state index < -0.39 is 0 Å². The van der Waals surface area contributed by atoms with Crippen LogP contribution < -0.4 is 10.6 Å². The lowest BCUT2D eigenvalue weighted by Gasteiger charge is -2.20. The molecule has 1 fully saturated rings. The molecule has 0 saturated heterocycles. The molecule has 0 bridgehead atoms. The highest BCUT2D eigenvalue weighted by molar-refractivity contribution is 5.75. The SMILES string of the molecule is CO[C@@H]1CC[C@@H](NC(=O)N[C@H](c2ccccc2)c2ccco2)C1. The summed E-state index contributed by atoms with van der Waals surface area (Å²) in [6.07, 6.45) is 4.66. The lowest BCUT2D eigenvalue weighted by molar-refractivity contribution is 0.107. The zero-order chi connectivity index (χ0) is 16.1. The largest absolute Gasteiger partial charge is 0.467 e. The Morgan fingerprint density at radius 1 is 1.22 bits per heavy atom. The highest BCUT2D eigenvalue weighted by atomic mass is 16.5. The fraction of sp³-hybridized carbons (Fsp3) is 0.389. The molecule has 1 aliphatic carbocycles. The Kier molecular flexibility index (Phi) is 4.98. The van der Waals surface area contributed by atoms with Crippen molar-refractivity contribution in [2.24, 2.45) is 0 Å². The second-order valence-corrected chi connectivity index (χ2v) is 5.84. The van der Waals surface area contributed by atoms with Crippen molar-refractivity contribution in [1.82, 2.24) is 10.6 Å². The number of ether oxygens (including phenoxy) is 1. The number of nitrogens with one attached hydrogen (secondary N) is 2. The fourth-order valence-corrected chi connectivity index (χ4v) is 3.06. The van der Waals surface area contributed by atoms with Crippen LogP contribution in [0.2, 0.25) is 0 Å². The van der Waals surface area contributed by atoms with E-state index in [1.807, 2.05) is 42.5 Å². The Labute approximate surface area is 136 Å². The van der Waals surface area contributed by atoms with Crippen LogP contribution in [0.3, 0.4) is 0 Å². The van der Waals surface area contributed by atoms with Gasteiger partial charge in [0.1, 0.15) is 11.8 Å². The molecule has 1 aromatic carbocycles. The van der Waals surface area contributed by atoms with Crippen molar-refractivity contribution in [1.29, 1.82) is 0 Å². The average Bonchev–Trinajstić information content (AvgIpc) is 3.25. The lowest BCUT2D eigenvalue weighted by Crippen LogP contribution is -2.43. The Hall–Kier alpha value is -2.27. The molecule has 3 atom stereocenters. The van der Waals surface area contributed by atoms with Crippen LogP contribution in [0, 0.1) is 0 Å². The van der Waals surface area contributed by atoms with Gasteiger partial charge in [-0.1, -0.05) is 30.3 Å². The molecule has 0 unspecified atom stereocenters. The van der Waals surface area contributed by atoms with Crippen molar-refractivity contribution in [3.8, 4) is 0 Å². The van der Waals surface area contributed by atoms with Crippen LogP contribution in [-0.2, 0) is 4.74 Å². The Morgan fingerprint density at radius 2 is 2.04 bits per heavy atom. The predicted octanol–water partition coefficient (Wildman–Crippen LogP) is 3.24. The van der Waals surface area contributed by atoms with Crippen LogP contribution in [-0.4, -0.2) is 25.3 Å². The first-order chi connectivity index (χ1) is 11.3. The number of amides is 2. The van der Waals surface area contributed by atoms with Gasteiger partial charge >= 0.3 is 6.03 Å². The van der Waals surface area contributed by atoms with Crippen LogP contribution >= 0.6 is 0 Å². The van der Waals surface area contributed by atoms with Gasteiger partial charge in [-0.15, -0.1) is 0 Å². The van der Waals surface area contributed by atoms with Crippen LogP contribution in [0.4, 0.5) is 4.79 Å². The van der Waals surface area contributed by atoms with Crippen molar-refractivity contribution < 1.29 is 13.9 Å². The third-order valence-electron chi connectivity index (χ3n) is 4.29. The van der Waals surface area contributed by atoms with Crippen molar-refractivity contribution >= 4 is 6.03 Å². The van der Waals surface area contributed by atoms with Crippen LogP contribution in [0.1, 0.15) is 36.6 Å². The quantitative estimate of drug-likeness (QED) is 0.890. The highest BCUT2D eigenvalue weighted by Crippen LogP contribution is 2.23. The molecule has 1 aliphatic rings. The van der Waals surface area contributed by atoms with Crippen molar-refractivity contribution in [3.05, 3.63) is 60.1 Å². The molecule has 2 N–H and O–H groups in total. The third kappa shape index (κ3) is 3.93. The van der Waals surface area contributed by atoms with Gasteiger partial charge in [-0.2, -0.15) is 0 Å². The Bertz CT molecular complexity index is 612. The number of carbonyl (C=O) groups excluding carboxylic acids is 1. The number of methoxy groups -OCH3 is 1. The number of benzene rings is 1. The van der Waals surface area contributed by atoms with E-state index in [0.717, 1.165) is 24.8 Å². The van der Waals surface area contributed by atoms with E-state index >= 15 is 0 Å². The first-order valence-corrected chi connectivity index (χ1v) is 7.94. The van der Waals surface area contributed by atoms with E-state index in [-0.39, 0.29) is 24.2 Å². The zero-order valence-electron chi connectivity index (χ0n) is 13.2. The van der Waals surface area contributed by atoms with E-state index in [0.29, 0.717) is 5.76 Å². The molecule has 1 saturated carbocycles. The predicted molar refractivity (Wildman–Crippen MR) is 87.1 cm³/mol. The maximum absolute atomic E-state index is 12.4. The van der Waals surface area contributed by atoms with Gasteiger partial charge in [-0.05, 0) is 37.0 Å². The summed E-state index contributed by atoms with van der Waals surface area (Å²) in [5.41, 5.74) is 0.985. The average molecular weight is 314 g/mol. The minimum atomic E-state index is -0.300. The van der Waals surface area contributed by atoms with Gasteiger partial charge in [0, 0.05) is 13.2 Å². The van der Waals surface area contributed by atoms with Crippen molar-refractivity contribution in [2.45, 2.75) is 37.5 Å². The standard InChI is InChI=1S/C18H22N2O3/c1-22-15-10-9-14(12-15)19-18(21)20-17(16-8-5-11-23-16)13-6-3-2-4-7-13/h2-8,11,14-15,17H,9-10,12H2,1H3,(H2,19,20,21)/t14-,15-,17-/m1/s1. The summed E-state index contributed by atoms with van der Waals surface area (Å²) in [4.78, 5) is 12.4. The van der Waals surface area contributed by atoms with E-state index in [2.05, 4.69) is 10.6 Å². The molecule has 1 aromatic heterocycles. The van der Waals surface area contributed by atoms with E-state index in [9.17, 15) is 4.79 Å². The molecule has 23 heavy (non-hydrogen) atoms. The van der Waals surface area contributed by atoms with Crippen LogP contribution in [0.5, 0.6) is 0 Å². The first kappa shape index (κ1) is 15.6. The van der Waals surface area contributed by atoms with Crippen LogP contribution in [0.25, 0.3) is 0 Å². The van der Waals surface area contributed by atoms with E-state index in [4.69, 9.17) is 9.15 Å². The van der Waals surface area contributed by atoms with Gasteiger partial charge in [0.25, 0.3) is 0 Å². The molecular weight excluding hydrogens is 292 g/mol. The monoisotopic (exact) mass is 314 g/mol. The molecule has 3 rings (SSSR count). The molecule has 0 spiro atoms. The second kappa shape index (κ2) is 7.33. The summed E-state index contributed by atoms with van der Waals surface area (Å²) >= 11 is 0. The molecule has 2 aromatic rings. The first-order valence-electron chi connectivity index (χ1n) is 7.94. The summed E-state index contributed by atoms with van der Waals surface area (Å²) in [6, 6.07) is 13.2. The number of hydrogen-bond acceptors (Lipinski definition) is 3. The summed E-state index contributed by atoms with van der Waals surface area (Å²) in [7, 11) is 1.72. The van der Waals surface area contributed by atoms with E-state index in [1.54, 1.807) is 13.4 Å². The van der Waals surface area contributed by atoms with Crippen molar-refractivity contribution in [3.63, 3.8) is 0 Å². The Morgan fingerprint density at radius 3 is 2.70 bits per heavy atom. The zero-order valence-corrected chi connectivity index (χ0v) is 13.2. The summed E-state index contributed by atoms with van der Waals surface area (Å²) < 4.78 is 10.8. The topological polar surface area (TPSA) is 63.5 Å². The van der Waals surface area contributed by atoms with Gasteiger partial charge in [0.15, 0.2) is 0 Å². The highest BCUT2D eigenvalue weighted by Gasteiger charge is 2.27. The van der Waals surface area contributed by atoms with Crippen LogP contribution in [0.15, 0.2) is 53.1 Å². The summed E-state index contributed by atoms with van der Waals surface area (Å²) in [6.45, 7) is 0. The molecule has 0 radical (unpaired) electrons. The molecule has 2 amide bonds.